The molecule has 2 aromatic rings. The van der Waals surface area contributed by atoms with E-state index in [1.165, 1.54) is 22.9 Å². The van der Waals surface area contributed by atoms with Gasteiger partial charge >= 0.3 is 5.69 Å². The van der Waals surface area contributed by atoms with Crippen molar-refractivity contribution in [3.8, 4) is 0 Å². The van der Waals surface area contributed by atoms with Crippen LogP contribution < -0.4 is 11.2 Å². The Morgan fingerprint density at radius 3 is 2.68 bits per heavy atom. The Morgan fingerprint density at radius 1 is 1.37 bits per heavy atom. The Hall–Kier alpha value is -1.15. The maximum Gasteiger partial charge on any atom is 0.331 e. The first kappa shape index (κ1) is 14.3. The fourth-order valence-electron chi connectivity index (χ4n) is 1.65. The van der Waals surface area contributed by atoms with Crippen LogP contribution in [0.3, 0.4) is 0 Å². The van der Waals surface area contributed by atoms with Gasteiger partial charge in [-0.15, -0.1) is 0 Å². The summed E-state index contributed by atoms with van der Waals surface area (Å²) in [6, 6.07) is 4.20. The van der Waals surface area contributed by atoms with Gasteiger partial charge in [-0.1, -0.05) is 17.7 Å². The Bertz CT molecular complexity index is 720. The summed E-state index contributed by atoms with van der Waals surface area (Å²) in [5.74, 6) is -0.574. The zero-order valence-corrected chi connectivity index (χ0v) is 12.8. The lowest BCUT2D eigenvalue weighted by molar-refractivity contribution is 0.611. The Kier molecular flexibility index (Phi) is 4.10. The average molecular weight is 395 g/mol. The van der Waals surface area contributed by atoms with Crippen LogP contribution in [-0.4, -0.2) is 9.13 Å². The van der Waals surface area contributed by atoms with E-state index in [2.05, 4.69) is 0 Å². The molecule has 0 atom stereocenters. The number of nitrogens with zero attached hydrogens (tertiary/aromatic N) is 2. The van der Waals surface area contributed by atoms with Gasteiger partial charge < -0.3 is 4.57 Å². The summed E-state index contributed by atoms with van der Waals surface area (Å²) in [6.45, 7) is 0.0104. The van der Waals surface area contributed by atoms with Crippen LogP contribution in [0.4, 0.5) is 4.39 Å². The van der Waals surface area contributed by atoms with Crippen molar-refractivity contribution in [3.05, 3.63) is 65.2 Å². The van der Waals surface area contributed by atoms with Crippen molar-refractivity contribution in [1.82, 2.24) is 9.13 Å². The monoisotopic (exact) mass is 394 g/mol. The average Bonchev–Trinajstić information content (AvgIpc) is 2.36. The van der Waals surface area contributed by atoms with Crippen LogP contribution >= 0.6 is 34.2 Å². The van der Waals surface area contributed by atoms with E-state index in [0.29, 0.717) is 9.13 Å². The molecule has 0 spiro atoms. The van der Waals surface area contributed by atoms with Crippen LogP contribution in [0.25, 0.3) is 0 Å². The van der Waals surface area contributed by atoms with Crippen molar-refractivity contribution in [2.45, 2.75) is 6.54 Å². The molecule has 0 aliphatic heterocycles. The highest BCUT2D eigenvalue weighted by Crippen LogP contribution is 2.15. The molecule has 0 saturated carbocycles. The molecule has 0 radical (unpaired) electrons. The minimum atomic E-state index is -0.574. The Morgan fingerprint density at radius 2 is 2.05 bits per heavy atom. The predicted molar refractivity (Wildman–Crippen MR) is 79.2 cm³/mol. The lowest BCUT2D eigenvalue weighted by Crippen LogP contribution is -2.40. The van der Waals surface area contributed by atoms with E-state index in [-0.39, 0.29) is 17.1 Å². The van der Waals surface area contributed by atoms with Crippen LogP contribution in [0.15, 0.2) is 34.0 Å². The first-order chi connectivity index (χ1) is 8.90. The first-order valence-corrected chi connectivity index (χ1v) is 6.75. The first-order valence-electron chi connectivity index (χ1n) is 5.30. The molecule has 2 rings (SSSR count). The third-order valence-electron chi connectivity index (χ3n) is 2.61. The zero-order valence-electron chi connectivity index (χ0n) is 9.86. The van der Waals surface area contributed by atoms with Gasteiger partial charge in [0.1, 0.15) is 5.82 Å². The second-order valence-corrected chi connectivity index (χ2v) is 5.58. The van der Waals surface area contributed by atoms with Crippen molar-refractivity contribution in [2.75, 3.05) is 0 Å². The van der Waals surface area contributed by atoms with E-state index < -0.39 is 11.5 Å². The second-order valence-electron chi connectivity index (χ2n) is 4.01. The molecule has 4 nitrogen and oxygen atoms in total. The molecule has 0 bridgehead atoms. The van der Waals surface area contributed by atoms with Crippen LogP contribution in [-0.2, 0) is 13.6 Å². The lowest BCUT2D eigenvalue weighted by atomic mass is 10.2. The Balaban J connectivity index is 2.52. The number of rotatable bonds is 2. The van der Waals surface area contributed by atoms with Gasteiger partial charge in [-0.2, -0.15) is 0 Å². The third-order valence-corrected chi connectivity index (χ3v) is 3.66. The molecule has 1 aromatic heterocycles. The molecule has 0 N–H and O–H groups in total. The summed E-state index contributed by atoms with van der Waals surface area (Å²) < 4.78 is 16.1. The van der Waals surface area contributed by atoms with Crippen LogP contribution in [0.2, 0.25) is 5.02 Å². The SMILES string of the molecule is Cn1cc(I)c(=O)n(Cc2ccc(Cl)c(F)c2)c1=O. The minimum absolute atomic E-state index is 0.00615. The second kappa shape index (κ2) is 5.46. The van der Waals surface area contributed by atoms with Gasteiger partial charge in [0.2, 0.25) is 0 Å². The summed E-state index contributed by atoms with van der Waals surface area (Å²) in [5.41, 5.74) is -0.331. The third kappa shape index (κ3) is 2.89. The normalized spacial score (nSPS) is 10.7. The summed E-state index contributed by atoms with van der Waals surface area (Å²) >= 11 is 7.44. The van der Waals surface area contributed by atoms with Gasteiger partial charge in [0.25, 0.3) is 5.56 Å². The molecular weight excluding hydrogens is 385 g/mol. The van der Waals surface area contributed by atoms with Gasteiger partial charge in [0, 0.05) is 13.2 Å². The lowest BCUT2D eigenvalue weighted by Gasteiger charge is -2.08. The van der Waals surface area contributed by atoms with E-state index in [1.54, 1.807) is 13.1 Å². The van der Waals surface area contributed by atoms with E-state index in [0.717, 1.165) is 4.57 Å². The number of aryl methyl sites for hydroxylation is 1. The highest BCUT2D eigenvalue weighted by atomic mass is 127. The van der Waals surface area contributed by atoms with Crippen molar-refractivity contribution < 1.29 is 4.39 Å². The number of benzene rings is 1. The molecule has 0 aliphatic rings. The number of aromatic nitrogens is 2. The fourth-order valence-corrected chi connectivity index (χ4v) is 2.47. The van der Waals surface area contributed by atoms with Gasteiger partial charge in [0.05, 0.1) is 15.1 Å². The van der Waals surface area contributed by atoms with Gasteiger partial charge in [0.15, 0.2) is 0 Å². The number of hydrogen-bond donors (Lipinski definition) is 0. The molecule has 0 unspecified atom stereocenters. The predicted octanol–water partition coefficient (Wildman–Crippen LogP) is 1.99. The molecule has 100 valence electrons. The van der Waals surface area contributed by atoms with E-state index >= 15 is 0 Å². The number of halogens is 3. The zero-order chi connectivity index (χ0) is 14.2. The quantitative estimate of drug-likeness (QED) is 0.731. The molecular formula is C12H9ClFIN2O2. The van der Waals surface area contributed by atoms with Crippen molar-refractivity contribution >= 4 is 34.2 Å². The van der Waals surface area contributed by atoms with Crippen LogP contribution in [0, 0.1) is 9.39 Å². The van der Waals surface area contributed by atoms with Gasteiger partial charge in [-0.25, -0.2) is 9.18 Å². The molecule has 19 heavy (non-hydrogen) atoms. The summed E-state index contributed by atoms with van der Waals surface area (Å²) in [5, 5.41) is 0.00615. The largest absolute Gasteiger partial charge is 0.331 e. The number of hydrogen-bond acceptors (Lipinski definition) is 2. The Labute approximate surface area is 126 Å². The fraction of sp³-hybridized carbons (Fsp3) is 0.167. The molecule has 0 saturated heterocycles. The van der Waals surface area contributed by atoms with E-state index in [4.69, 9.17) is 11.6 Å². The van der Waals surface area contributed by atoms with E-state index in [9.17, 15) is 14.0 Å². The highest BCUT2D eigenvalue weighted by molar-refractivity contribution is 14.1. The molecule has 0 aliphatic carbocycles. The maximum atomic E-state index is 13.3. The van der Waals surface area contributed by atoms with Gasteiger partial charge in [-0.05, 0) is 40.3 Å². The standard InChI is InChI=1S/C12H9ClFIN2O2/c1-16-6-10(15)11(18)17(12(16)19)5-7-2-3-8(13)9(14)4-7/h2-4,6H,5H2,1H3. The van der Waals surface area contributed by atoms with Crippen molar-refractivity contribution in [1.29, 1.82) is 0 Å². The maximum absolute atomic E-state index is 13.3. The summed E-state index contributed by atoms with van der Waals surface area (Å²) in [6.07, 6.45) is 1.46. The highest BCUT2D eigenvalue weighted by Gasteiger charge is 2.09. The topological polar surface area (TPSA) is 44.0 Å². The summed E-state index contributed by atoms with van der Waals surface area (Å²) in [4.78, 5) is 23.8. The van der Waals surface area contributed by atoms with E-state index in [1.807, 2.05) is 22.6 Å². The molecule has 7 heteroatoms. The molecule has 0 amide bonds. The minimum Gasteiger partial charge on any atom is -0.302 e. The summed E-state index contributed by atoms with van der Waals surface area (Å²) in [7, 11) is 1.56. The van der Waals surface area contributed by atoms with Crippen LogP contribution in [0.1, 0.15) is 5.56 Å². The molecule has 0 fully saturated rings. The van der Waals surface area contributed by atoms with Crippen LogP contribution in [0.5, 0.6) is 0 Å². The van der Waals surface area contributed by atoms with Gasteiger partial charge in [-0.3, -0.25) is 9.36 Å². The molecule has 1 heterocycles. The molecule has 1 aromatic carbocycles. The van der Waals surface area contributed by atoms with Crippen molar-refractivity contribution in [2.24, 2.45) is 7.05 Å². The van der Waals surface area contributed by atoms with Crippen molar-refractivity contribution in [3.63, 3.8) is 0 Å². The smallest absolute Gasteiger partial charge is 0.302 e.